The Balaban J connectivity index is 2.09. The van der Waals surface area contributed by atoms with Gasteiger partial charge in [0.2, 0.25) is 5.82 Å². The average molecular weight is 269 g/mol. The molecule has 20 heavy (non-hydrogen) atoms. The van der Waals surface area contributed by atoms with Crippen molar-refractivity contribution in [1.82, 2.24) is 19.7 Å². The SMILES string of the molecule is Cc1cc(N)cc(-c2nc(-c3nccn3C)no2)c1C. The molecule has 2 aromatic heterocycles. The normalized spacial score (nSPS) is 10.9. The number of nitrogens with two attached hydrogens (primary N) is 1. The zero-order valence-corrected chi connectivity index (χ0v) is 11.6. The van der Waals surface area contributed by atoms with Crippen LogP contribution in [-0.4, -0.2) is 19.7 Å². The van der Waals surface area contributed by atoms with E-state index in [1.54, 1.807) is 6.20 Å². The lowest BCUT2D eigenvalue weighted by Crippen LogP contribution is -1.94. The maximum absolute atomic E-state index is 5.88. The molecule has 2 N–H and O–H groups in total. The molecule has 0 unspecified atom stereocenters. The Hall–Kier alpha value is -2.63. The van der Waals surface area contributed by atoms with E-state index in [2.05, 4.69) is 15.1 Å². The summed E-state index contributed by atoms with van der Waals surface area (Å²) >= 11 is 0. The minimum atomic E-state index is 0.455. The Bertz CT molecular complexity index is 772. The third-order valence-electron chi connectivity index (χ3n) is 3.37. The molecule has 3 rings (SSSR count). The molecule has 3 aromatic rings. The zero-order chi connectivity index (χ0) is 14.3. The standard InChI is InChI=1S/C14H15N5O/c1-8-6-10(15)7-11(9(8)2)14-17-12(18-20-14)13-16-4-5-19(13)3/h4-7H,15H2,1-3H3. The highest BCUT2D eigenvalue weighted by molar-refractivity contribution is 5.67. The van der Waals surface area contributed by atoms with Gasteiger partial charge in [0.25, 0.3) is 5.89 Å². The van der Waals surface area contributed by atoms with Crippen molar-refractivity contribution in [2.75, 3.05) is 5.73 Å². The fraction of sp³-hybridized carbons (Fsp3) is 0.214. The molecule has 6 heteroatoms. The van der Waals surface area contributed by atoms with Crippen LogP contribution in [0, 0.1) is 13.8 Å². The van der Waals surface area contributed by atoms with E-state index >= 15 is 0 Å². The van der Waals surface area contributed by atoms with Crippen molar-refractivity contribution in [1.29, 1.82) is 0 Å². The predicted molar refractivity (Wildman–Crippen MR) is 75.8 cm³/mol. The Kier molecular flexibility index (Phi) is 2.78. The lowest BCUT2D eigenvalue weighted by Gasteiger charge is -2.06. The van der Waals surface area contributed by atoms with Crippen LogP contribution in [-0.2, 0) is 7.05 Å². The second-order valence-electron chi connectivity index (χ2n) is 4.80. The van der Waals surface area contributed by atoms with Gasteiger partial charge >= 0.3 is 0 Å². The lowest BCUT2D eigenvalue weighted by atomic mass is 10.0. The monoisotopic (exact) mass is 269 g/mol. The topological polar surface area (TPSA) is 82.8 Å². The van der Waals surface area contributed by atoms with Gasteiger partial charge in [-0.25, -0.2) is 4.98 Å². The van der Waals surface area contributed by atoms with Crippen molar-refractivity contribution in [3.8, 4) is 23.1 Å². The van der Waals surface area contributed by atoms with Crippen LogP contribution < -0.4 is 5.73 Å². The molecule has 0 saturated heterocycles. The van der Waals surface area contributed by atoms with Gasteiger partial charge in [-0.2, -0.15) is 4.98 Å². The van der Waals surface area contributed by atoms with E-state index in [1.165, 1.54) is 0 Å². The smallest absolute Gasteiger partial charge is 0.258 e. The van der Waals surface area contributed by atoms with E-state index in [0.29, 0.717) is 23.2 Å². The van der Waals surface area contributed by atoms with E-state index in [9.17, 15) is 0 Å². The van der Waals surface area contributed by atoms with Crippen LogP contribution in [0.1, 0.15) is 11.1 Å². The third kappa shape index (κ3) is 1.95. The van der Waals surface area contributed by atoms with Gasteiger partial charge in [0.1, 0.15) is 0 Å². The van der Waals surface area contributed by atoms with Crippen molar-refractivity contribution < 1.29 is 4.52 Å². The van der Waals surface area contributed by atoms with Crippen molar-refractivity contribution >= 4 is 5.69 Å². The highest BCUT2D eigenvalue weighted by Gasteiger charge is 2.16. The summed E-state index contributed by atoms with van der Waals surface area (Å²) in [6.07, 6.45) is 3.53. The average Bonchev–Trinajstić information content (AvgIpc) is 3.02. The van der Waals surface area contributed by atoms with E-state index in [-0.39, 0.29) is 0 Å². The van der Waals surface area contributed by atoms with Crippen LogP contribution in [0.2, 0.25) is 0 Å². The molecule has 102 valence electrons. The number of hydrogen-bond donors (Lipinski definition) is 1. The van der Waals surface area contributed by atoms with Crippen LogP contribution in [0.25, 0.3) is 23.1 Å². The van der Waals surface area contributed by atoms with Gasteiger partial charge in [-0.15, -0.1) is 0 Å². The van der Waals surface area contributed by atoms with Crippen LogP contribution in [0.15, 0.2) is 29.0 Å². The molecule has 0 fully saturated rings. The quantitative estimate of drug-likeness (QED) is 0.722. The van der Waals surface area contributed by atoms with Crippen LogP contribution in [0.5, 0.6) is 0 Å². The van der Waals surface area contributed by atoms with Crippen molar-refractivity contribution in [2.45, 2.75) is 13.8 Å². The first-order valence-corrected chi connectivity index (χ1v) is 6.25. The van der Waals surface area contributed by atoms with E-state index < -0.39 is 0 Å². The molecule has 1 aromatic carbocycles. The third-order valence-corrected chi connectivity index (χ3v) is 3.37. The van der Waals surface area contributed by atoms with Gasteiger partial charge in [0.15, 0.2) is 5.82 Å². The molecule has 0 atom stereocenters. The summed E-state index contributed by atoms with van der Waals surface area (Å²) < 4.78 is 7.19. The Morgan fingerprint density at radius 1 is 1.25 bits per heavy atom. The molecule has 0 spiro atoms. The van der Waals surface area contributed by atoms with Gasteiger partial charge < -0.3 is 14.8 Å². The molecule has 6 nitrogen and oxygen atoms in total. The molecule has 0 aliphatic heterocycles. The second kappa shape index (κ2) is 4.48. The molecule has 0 aliphatic rings. The molecule has 0 aliphatic carbocycles. The summed E-state index contributed by atoms with van der Waals surface area (Å²) in [7, 11) is 1.88. The Labute approximate surface area is 116 Å². The van der Waals surface area contributed by atoms with Crippen LogP contribution in [0.3, 0.4) is 0 Å². The molecule has 0 saturated carbocycles. The first-order chi connectivity index (χ1) is 9.56. The Morgan fingerprint density at radius 3 is 2.75 bits per heavy atom. The highest BCUT2D eigenvalue weighted by atomic mass is 16.5. The summed E-state index contributed by atoms with van der Waals surface area (Å²) in [6, 6.07) is 3.77. The second-order valence-corrected chi connectivity index (χ2v) is 4.80. The highest BCUT2D eigenvalue weighted by Crippen LogP contribution is 2.28. The van der Waals surface area contributed by atoms with Gasteiger partial charge in [0, 0.05) is 30.7 Å². The first kappa shape index (κ1) is 12.4. The van der Waals surface area contributed by atoms with Crippen LogP contribution in [0.4, 0.5) is 5.69 Å². The summed E-state index contributed by atoms with van der Waals surface area (Å²) in [5.41, 5.74) is 9.59. The van der Waals surface area contributed by atoms with Crippen molar-refractivity contribution in [2.24, 2.45) is 7.05 Å². The summed E-state index contributed by atoms with van der Waals surface area (Å²) in [4.78, 5) is 8.61. The van der Waals surface area contributed by atoms with Gasteiger partial charge in [0.05, 0.1) is 0 Å². The predicted octanol–water partition coefficient (Wildman–Crippen LogP) is 2.34. The molecule has 0 radical (unpaired) electrons. The minimum Gasteiger partial charge on any atom is -0.399 e. The molecule has 2 heterocycles. The molecule has 0 amide bonds. The van der Waals surface area contributed by atoms with Gasteiger partial charge in [-0.3, -0.25) is 0 Å². The Morgan fingerprint density at radius 2 is 2.05 bits per heavy atom. The van der Waals surface area contributed by atoms with Crippen molar-refractivity contribution in [3.63, 3.8) is 0 Å². The summed E-state index contributed by atoms with van der Waals surface area (Å²) in [5, 5.41) is 3.99. The molecular weight excluding hydrogens is 254 g/mol. The van der Waals surface area contributed by atoms with Crippen molar-refractivity contribution in [3.05, 3.63) is 35.7 Å². The number of aromatic nitrogens is 4. The number of hydrogen-bond acceptors (Lipinski definition) is 5. The molecular formula is C14H15N5O. The van der Waals surface area contributed by atoms with Gasteiger partial charge in [-0.05, 0) is 37.1 Å². The fourth-order valence-corrected chi connectivity index (χ4v) is 2.11. The number of nitrogens with zero attached hydrogens (tertiary/aromatic N) is 4. The lowest BCUT2D eigenvalue weighted by molar-refractivity contribution is 0.431. The van der Waals surface area contributed by atoms with E-state index in [0.717, 1.165) is 16.7 Å². The zero-order valence-electron chi connectivity index (χ0n) is 11.6. The maximum Gasteiger partial charge on any atom is 0.258 e. The summed E-state index contributed by atoms with van der Waals surface area (Å²) in [5.74, 6) is 1.58. The number of aryl methyl sites for hydroxylation is 2. The van der Waals surface area contributed by atoms with Crippen LogP contribution >= 0.6 is 0 Å². The van der Waals surface area contributed by atoms with E-state index in [4.69, 9.17) is 10.3 Å². The summed E-state index contributed by atoms with van der Waals surface area (Å²) in [6.45, 7) is 4.01. The van der Waals surface area contributed by atoms with E-state index in [1.807, 2.05) is 43.8 Å². The number of benzene rings is 1. The largest absolute Gasteiger partial charge is 0.399 e. The van der Waals surface area contributed by atoms with Gasteiger partial charge in [-0.1, -0.05) is 5.16 Å². The minimum absolute atomic E-state index is 0.455. The number of rotatable bonds is 2. The number of imidazole rings is 1. The number of anilines is 1. The molecule has 0 bridgehead atoms. The number of nitrogen functional groups attached to an aromatic ring is 1. The fourth-order valence-electron chi connectivity index (χ4n) is 2.11. The maximum atomic E-state index is 5.88. The first-order valence-electron chi connectivity index (χ1n) is 6.25.